The molecule has 1 unspecified atom stereocenters. The first-order chi connectivity index (χ1) is 20.1. The summed E-state index contributed by atoms with van der Waals surface area (Å²) < 4.78 is 22.7. The third kappa shape index (κ3) is 11.2. The number of nitrogens with zero attached hydrogens (tertiary/aromatic N) is 6. The third-order valence-electron chi connectivity index (χ3n) is 7.02. The summed E-state index contributed by atoms with van der Waals surface area (Å²) >= 11 is 0. The van der Waals surface area contributed by atoms with Gasteiger partial charge in [-0.15, -0.1) is 5.10 Å². The van der Waals surface area contributed by atoms with Crippen LogP contribution in [0.5, 0.6) is 0 Å². The lowest BCUT2D eigenvalue weighted by molar-refractivity contribution is -0.117. The van der Waals surface area contributed by atoms with Gasteiger partial charge in [-0.3, -0.25) is 19.3 Å². The molecule has 43 heavy (non-hydrogen) atoms. The van der Waals surface area contributed by atoms with Crippen molar-refractivity contribution in [2.75, 3.05) is 44.6 Å². The van der Waals surface area contributed by atoms with E-state index < -0.39 is 11.8 Å². The van der Waals surface area contributed by atoms with Gasteiger partial charge in [0, 0.05) is 63.7 Å². The second-order valence-electron chi connectivity index (χ2n) is 12.7. The molecule has 2 amide bonds. The average molecular weight is 606 g/mol. The summed E-state index contributed by atoms with van der Waals surface area (Å²) in [6.07, 6.45) is 1.94. The van der Waals surface area contributed by atoms with Crippen molar-refractivity contribution in [2.45, 2.75) is 78.7 Å². The number of aromatic nitrogens is 4. The Hall–Kier alpha value is -3.65. The van der Waals surface area contributed by atoms with Gasteiger partial charge in [0.05, 0.1) is 19.3 Å². The molecule has 2 aromatic heterocycles. The maximum atomic E-state index is 14.7. The Balaban J connectivity index is 1.41. The Bertz CT molecular complexity index is 1310. The van der Waals surface area contributed by atoms with Crippen LogP contribution >= 0.6 is 0 Å². The number of hydrogen-bond donors (Lipinski definition) is 2. The van der Waals surface area contributed by atoms with Crippen LogP contribution in [0, 0.1) is 5.41 Å². The highest BCUT2D eigenvalue weighted by Crippen LogP contribution is 2.22. The van der Waals surface area contributed by atoms with E-state index >= 15 is 0 Å². The molecule has 1 aliphatic heterocycles. The van der Waals surface area contributed by atoms with Gasteiger partial charge in [-0.2, -0.15) is 0 Å². The van der Waals surface area contributed by atoms with Crippen LogP contribution in [-0.4, -0.2) is 103 Å². The SMILES string of the molecule is CC(C)(CO)CCC(=O)c1cn(CC(F)CCn2ccc(NC(=O)CN3CCN(C(=O)OC(C)(C)C)CC3)cc2=O)nn1. The topological polar surface area (TPSA) is 152 Å². The van der Waals surface area contributed by atoms with Gasteiger partial charge in [-0.25, -0.2) is 13.9 Å². The molecule has 2 aromatic rings. The van der Waals surface area contributed by atoms with Gasteiger partial charge >= 0.3 is 6.09 Å². The number of aryl methyl sites for hydroxylation is 1. The Morgan fingerprint density at radius 3 is 2.47 bits per heavy atom. The van der Waals surface area contributed by atoms with Gasteiger partial charge in [0.2, 0.25) is 5.91 Å². The minimum Gasteiger partial charge on any atom is -0.444 e. The molecule has 3 rings (SSSR count). The standard InChI is InChI=1S/C29H44FN7O6/c1-28(2,3)43-27(42)36-14-12-34(13-15-36)19-25(40)31-22-8-11-35(26(41)16-22)10-7-21(30)17-37-18-23(32-33-37)24(39)6-9-29(4,5)20-38/h8,11,16,18,21,38H,6-7,9-10,12-15,17,19-20H2,1-5H3,(H,31,40). The zero-order valence-electron chi connectivity index (χ0n) is 25.7. The number of halogens is 1. The number of aliphatic hydroxyl groups excluding tert-OH is 1. The first-order valence-electron chi connectivity index (χ1n) is 14.5. The van der Waals surface area contributed by atoms with Crippen LogP contribution in [0.1, 0.15) is 64.4 Å². The molecule has 14 heteroatoms. The van der Waals surface area contributed by atoms with Crippen molar-refractivity contribution in [3.63, 3.8) is 0 Å². The average Bonchev–Trinajstić information content (AvgIpc) is 3.39. The minimum atomic E-state index is -1.33. The number of carbonyl (C=O) groups is 3. The Labute approximate surface area is 251 Å². The molecule has 13 nitrogen and oxygen atoms in total. The van der Waals surface area contributed by atoms with Gasteiger partial charge in [-0.1, -0.05) is 19.1 Å². The molecule has 1 aliphatic rings. The van der Waals surface area contributed by atoms with Crippen molar-refractivity contribution in [1.29, 1.82) is 0 Å². The summed E-state index contributed by atoms with van der Waals surface area (Å²) in [6, 6.07) is 2.87. The van der Waals surface area contributed by atoms with Crippen LogP contribution < -0.4 is 10.9 Å². The minimum absolute atomic E-state index is 0.0331. The van der Waals surface area contributed by atoms with E-state index in [1.165, 1.54) is 27.7 Å². The highest BCUT2D eigenvalue weighted by atomic mass is 19.1. The predicted octanol–water partition coefficient (Wildman–Crippen LogP) is 2.34. The number of piperazine rings is 1. The van der Waals surface area contributed by atoms with Crippen LogP contribution in [0.2, 0.25) is 0 Å². The molecular weight excluding hydrogens is 561 g/mol. The molecule has 1 fully saturated rings. The lowest BCUT2D eigenvalue weighted by atomic mass is 9.88. The molecule has 238 valence electrons. The summed E-state index contributed by atoms with van der Waals surface area (Å²) in [4.78, 5) is 53.2. The van der Waals surface area contributed by atoms with Crippen molar-refractivity contribution in [2.24, 2.45) is 5.41 Å². The van der Waals surface area contributed by atoms with E-state index in [0.717, 1.165) is 0 Å². The number of amides is 2. The summed E-state index contributed by atoms with van der Waals surface area (Å²) in [5.74, 6) is -0.503. The molecule has 0 spiro atoms. The fraction of sp³-hybridized carbons (Fsp3) is 0.655. The maximum Gasteiger partial charge on any atom is 0.410 e. The Morgan fingerprint density at radius 2 is 1.84 bits per heavy atom. The molecule has 0 aliphatic carbocycles. The zero-order valence-corrected chi connectivity index (χ0v) is 25.7. The summed E-state index contributed by atoms with van der Waals surface area (Å²) in [5, 5.41) is 19.7. The first-order valence-corrected chi connectivity index (χ1v) is 14.5. The van der Waals surface area contributed by atoms with E-state index in [1.54, 1.807) is 11.0 Å². The van der Waals surface area contributed by atoms with Crippen LogP contribution in [-0.2, 0) is 22.6 Å². The van der Waals surface area contributed by atoms with E-state index in [1.807, 2.05) is 39.5 Å². The van der Waals surface area contributed by atoms with Gasteiger partial charge in [-0.05, 0) is 45.1 Å². The third-order valence-corrected chi connectivity index (χ3v) is 7.02. The summed E-state index contributed by atoms with van der Waals surface area (Å²) in [7, 11) is 0. The second-order valence-corrected chi connectivity index (χ2v) is 12.7. The highest BCUT2D eigenvalue weighted by Gasteiger charge is 2.26. The van der Waals surface area contributed by atoms with E-state index in [0.29, 0.717) is 38.3 Å². The number of rotatable bonds is 13. The fourth-order valence-corrected chi connectivity index (χ4v) is 4.34. The maximum absolute atomic E-state index is 14.7. The largest absolute Gasteiger partial charge is 0.444 e. The van der Waals surface area contributed by atoms with E-state index in [-0.39, 0.29) is 73.5 Å². The van der Waals surface area contributed by atoms with Crippen LogP contribution in [0.4, 0.5) is 14.9 Å². The number of ketones is 1. The monoisotopic (exact) mass is 605 g/mol. The van der Waals surface area contributed by atoms with Crippen molar-refractivity contribution < 1.29 is 28.6 Å². The smallest absolute Gasteiger partial charge is 0.410 e. The molecule has 3 heterocycles. The summed E-state index contributed by atoms with van der Waals surface area (Å²) in [5.41, 5.74) is -0.828. The molecule has 2 N–H and O–H groups in total. The number of carbonyl (C=O) groups excluding carboxylic acids is 3. The number of alkyl halides is 1. The fourth-order valence-electron chi connectivity index (χ4n) is 4.34. The van der Waals surface area contributed by atoms with Gasteiger partial charge < -0.3 is 24.6 Å². The predicted molar refractivity (Wildman–Crippen MR) is 158 cm³/mol. The van der Waals surface area contributed by atoms with E-state index in [4.69, 9.17) is 4.74 Å². The normalized spacial score (nSPS) is 15.3. The first kappa shape index (κ1) is 33.8. The number of aliphatic hydroxyl groups is 1. The van der Waals surface area contributed by atoms with Crippen molar-refractivity contribution >= 4 is 23.5 Å². The summed E-state index contributed by atoms with van der Waals surface area (Å²) in [6.45, 7) is 11.2. The lowest BCUT2D eigenvalue weighted by Gasteiger charge is -2.35. The molecule has 0 aromatic carbocycles. The molecule has 0 bridgehead atoms. The lowest BCUT2D eigenvalue weighted by Crippen LogP contribution is -2.51. The Kier molecular flexibility index (Phi) is 11.6. The molecule has 1 atom stereocenters. The number of nitrogens with one attached hydrogen (secondary N) is 1. The molecular formula is C29H44FN7O6. The second kappa shape index (κ2) is 14.7. The number of hydrogen-bond acceptors (Lipinski definition) is 9. The number of Topliss-reactive ketones (excluding diaryl/α,β-unsaturated/α-hetero) is 1. The van der Waals surface area contributed by atoms with Crippen molar-refractivity contribution in [3.8, 4) is 0 Å². The van der Waals surface area contributed by atoms with Crippen LogP contribution in [0.25, 0.3) is 0 Å². The van der Waals surface area contributed by atoms with Crippen LogP contribution in [0.3, 0.4) is 0 Å². The number of pyridine rings is 1. The molecule has 0 saturated carbocycles. The van der Waals surface area contributed by atoms with Gasteiger partial charge in [0.15, 0.2) is 5.78 Å². The van der Waals surface area contributed by atoms with Crippen molar-refractivity contribution in [3.05, 3.63) is 40.6 Å². The molecule has 0 radical (unpaired) electrons. The van der Waals surface area contributed by atoms with Crippen molar-refractivity contribution in [1.82, 2.24) is 29.4 Å². The molecule has 1 saturated heterocycles. The number of anilines is 1. The van der Waals surface area contributed by atoms with E-state index in [2.05, 4.69) is 15.6 Å². The van der Waals surface area contributed by atoms with E-state index in [9.17, 15) is 28.7 Å². The Morgan fingerprint density at radius 1 is 1.14 bits per heavy atom. The van der Waals surface area contributed by atoms with Crippen LogP contribution in [0.15, 0.2) is 29.3 Å². The zero-order chi connectivity index (χ0) is 31.8. The highest BCUT2D eigenvalue weighted by molar-refractivity contribution is 5.93. The quantitative estimate of drug-likeness (QED) is 0.328. The van der Waals surface area contributed by atoms with Gasteiger partial charge in [0.25, 0.3) is 5.56 Å². The van der Waals surface area contributed by atoms with Gasteiger partial charge in [0.1, 0.15) is 17.5 Å². The number of ether oxygens (including phenoxy) is 1.